The second kappa shape index (κ2) is 5.84. The summed E-state index contributed by atoms with van der Waals surface area (Å²) in [7, 11) is 0. The minimum absolute atomic E-state index is 0.111. The number of rotatable bonds is 5. The topological polar surface area (TPSA) is 86.5 Å². The number of fused-ring (bicyclic) bond motifs is 2. The third kappa shape index (κ3) is 2.54. The minimum Gasteiger partial charge on any atom is -0.481 e. The summed E-state index contributed by atoms with van der Waals surface area (Å²) in [5.74, 6) is 1.34. The molecule has 1 aromatic carbocycles. The van der Waals surface area contributed by atoms with Crippen molar-refractivity contribution in [3.05, 3.63) is 36.7 Å². The van der Waals surface area contributed by atoms with Gasteiger partial charge in [0.05, 0.1) is 11.0 Å². The second-order valence-corrected chi connectivity index (χ2v) is 5.51. The zero-order valence-corrected chi connectivity index (χ0v) is 12.8. The molecule has 1 N–H and O–H groups in total. The van der Waals surface area contributed by atoms with Crippen LogP contribution in [0, 0.1) is 0 Å². The van der Waals surface area contributed by atoms with Gasteiger partial charge in [-0.1, -0.05) is 0 Å². The van der Waals surface area contributed by atoms with Crippen LogP contribution in [0.15, 0.2) is 36.7 Å². The van der Waals surface area contributed by atoms with Gasteiger partial charge in [0.2, 0.25) is 6.79 Å². The minimum atomic E-state index is -0.803. The number of nitrogens with zero attached hydrogens (tertiary/aromatic N) is 3. The largest absolute Gasteiger partial charge is 0.481 e. The molecule has 0 unspecified atom stereocenters. The van der Waals surface area contributed by atoms with E-state index in [1.165, 1.54) is 0 Å². The van der Waals surface area contributed by atoms with Crippen LogP contribution in [0.5, 0.6) is 11.5 Å². The van der Waals surface area contributed by atoms with Gasteiger partial charge in [-0.15, -0.1) is 0 Å². The Morgan fingerprint density at radius 2 is 1.96 bits per heavy atom. The number of imidazole rings is 1. The predicted molar refractivity (Wildman–Crippen MR) is 86.0 cm³/mol. The van der Waals surface area contributed by atoms with Gasteiger partial charge in [-0.05, 0) is 18.6 Å². The summed E-state index contributed by atoms with van der Waals surface area (Å²) in [5, 5.41) is 8.90. The van der Waals surface area contributed by atoms with Gasteiger partial charge in [0.15, 0.2) is 11.5 Å². The molecular formula is C17H15N3O4. The van der Waals surface area contributed by atoms with E-state index in [9.17, 15) is 4.79 Å². The first-order valence-corrected chi connectivity index (χ1v) is 7.64. The highest BCUT2D eigenvalue weighted by Gasteiger charge is 2.19. The van der Waals surface area contributed by atoms with E-state index in [2.05, 4.69) is 4.98 Å². The maximum Gasteiger partial charge on any atom is 0.303 e. The van der Waals surface area contributed by atoms with Crippen LogP contribution in [0.3, 0.4) is 0 Å². The Morgan fingerprint density at radius 3 is 2.71 bits per heavy atom. The molecule has 2 aromatic heterocycles. The molecule has 1 aliphatic heterocycles. The average molecular weight is 325 g/mol. The zero-order valence-electron chi connectivity index (χ0n) is 12.8. The van der Waals surface area contributed by atoms with Crippen molar-refractivity contribution in [2.24, 2.45) is 0 Å². The lowest BCUT2D eigenvalue weighted by atomic mass is 10.2. The van der Waals surface area contributed by atoms with Gasteiger partial charge in [0, 0.05) is 43.1 Å². The molecule has 0 aliphatic carbocycles. The molecule has 0 atom stereocenters. The molecule has 24 heavy (non-hydrogen) atoms. The lowest BCUT2D eigenvalue weighted by molar-refractivity contribution is -0.137. The van der Waals surface area contributed by atoms with E-state index in [1.54, 1.807) is 12.4 Å². The standard InChI is InChI=1S/C17H15N3O4/c21-16(22)2-1-7-20-13-9-15-14(23-10-24-15)8-12(13)19-17(20)11-3-5-18-6-4-11/h3-6,8-9H,1-2,7,10H2,(H,21,22). The van der Waals surface area contributed by atoms with Crippen molar-refractivity contribution < 1.29 is 19.4 Å². The number of pyridine rings is 1. The van der Waals surface area contributed by atoms with Crippen molar-refractivity contribution in [1.82, 2.24) is 14.5 Å². The number of carboxylic acid groups (broad SMARTS) is 1. The Kier molecular flexibility index (Phi) is 3.53. The number of benzene rings is 1. The molecule has 7 heteroatoms. The summed E-state index contributed by atoms with van der Waals surface area (Å²) in [5.41, 5.74) is 2.62. The third-order valence-corrected chi connectivity index (χ3v) is 3.95. The van der Waals surface area contributed by atoms with Gasteiger partial charge in [-0.25, -0.2) is 4.98 Å². The number of carbonyl (C=O) groups is 1. The number of aromatic nitrogens is 3. The summed E-state index contributed by atoms with van der Waals surface area (Å²) < 4.78 is 12.9. The Morgan fingerprint density at radius 1 is 1.21 bits per heavy atom. The number of carboxylic acids is 1. The Balaban J connectivity index is 1.82. The van der Waals surface area contributed by atoms with Crippen LogP contribution in [-0.2, 0) is 11.3 Å². The molecule has 0 saturated heterocycles. The first-order chi connectivity index (χ1) is 11.7. The van der Waals surface area contributed by atoms with Gasteiger partial charge < -0.3 is 19.1 Å². The smallest absolute Gasteiger partial charge is 0.303 e. The van der Waals surface area contributed by atoms with Crippen molar-refractivity contribution in [2.45, 2.75) is 19.4 Å². The fourth-order valence-corrected chi connectivity index (χ4v) is 2.85. The van der Waals surface area contributed by atoms with Gasteiger partial charge in [0.25, 0.3) is 0 Å². The summed E-state index contributed by atoms with van der Waals surface area (Å²) in [6.45, 7) is 0.762. The molecule has 0 radical (unpaired) electrons. The Bertz CT molecular complexity index is 905. The lowest BCUT2D eigenvalue weighted by Gasteiger charge is -2.08. The van der Waals surface area contributed by atoms with Crippen LogP contribution < -0.4 is 9.47 Å². The number of aryl methyl sites for hydroxylation is 1. The van der Waals surface area contributed by atoms with Crippen molar-refractivity contribution in [3.8, 4) is 22.9 Å². The van der Waals surface area contributed by atoms with Crippen molar-refractivity contribution in [2.75, 3.05) is 6.79 Å². The first-order valence-electron chi connectivity index (χ1n) is 7.64. The van der Waals surface area contributed by atoms with Crippen LogP contribution >= 0.6 is 0 Å². The number of hydrogen-bond donors (Lipinski definition) is 1. The van der Waals surface area contributed by atoms with E-state index in [0.29, 0.717) is 24.5 Å². The SMILES string of the molecule is O=C(O)CCCn1c(-c2ccncc2)nc2cc3c(cc21)OCO3. The second-order valence-electron chi connectivity index (χ2n) is 5.51. The first kappa shape index (κ1) is 14.5. The van der Waals surface area contributed by atoms with Crippen LogP contribution in [-0.4, -0.2) is 32.4 Å². The van der Waals surface area contributed by atoms with Gasteiger partial charge in [-0.2, -0.15) is 0 Å². The fourth-order valence-electron chi connectivity index (χ4n) is 2.85. The lowest BCUT2D eigenvalue weighted by Crippen LogP contribution is -2.04. The molecule has 3 heterocycles. The van der Waals surface area contributed by atoms with E-state index >= 15 is 0 Å². The summed E-state index contributed by atoms with van der Waals surface area (Å²) in [4.78, 5) is 19.6. The van der Waals surface area contributed by atoms with E-state index in [4.69, 9.17) is 19.6 Å². The molecule has 122 valence electrons. The van der Waals surface area contributed by atoms with Crippen molar-refractivity contribution >= 4 is 17.0 Å². The fraction of sp³-hybridized carbons (Fsp3) is 0.235. The average Bonchev–Trinajstić information content (AvgIpc) is 3.17. The summed E-state index contributed by atoms with van der Waals surface area (Å²) >= 11 is 0. The Hall–Kier alpha value is -3.09. The van der Waals surface area contributed by atoms with E-state index < -0.39 is 5.97 Å². The molecule has 0 bridgehead atoms. The highest BCUT2D eigenvalue weighted by Crippen LogP contribution is 2.37. The third-order valence-electron chi connectivity index (χ3n) is 3.95. The molecule has 7 nitrogen and oxygen atoms in total. The molecule has 0 spiro atoms. The van der Waals surface area contributed by atoms with Crippen LogP contribution in [0.25, 0.3) is 22.4 Å². The van der Waals surface area contributed by atoms with Gasteiger partial charge in [0.1, 0.15) is 5.82 Å². The number of hydrogen-bond acceptors (Lipinski definition) is 5. The highest BCUT2D eigenvalue weighted by atomic mass is 16.7. The molecule has 3 aromatic rings. The summed E-state index contributed by atoms with van der Waals surface area (Å²) in [6.07, 6.45) is 4.05. The highest BCUT2D eigenvalue weighted by molar-refractivity contribution is 5.84. The molecule has 0 amide bonds. The summed E-state index contributed by atoms with van der Waals surface area (Å²) in [6, 6.07) is 7.53. The maximum atomic E-state index is 10.8. The normalized spacial score (nSPS) is 12.7. The quantitative estimate of drug-likeness (QED) is 0.776. The molecular weight excluding hydrogens is 310 g/mol. The monoisotopic (exact) mass is 325 g/mol. The molecule has 1 aliphatic rings. The van der Waals surface area contributed by atoms with Crippen LogP contribution in [0.1, 0.15) is 12.8 Å². The van der Waals surface area contributed by atoms with Gasteiger partial charge in [-0.3, -0.25) is 9.78 Å². The molecule has 4 rings (SSSR count). The van der Waals surface area contributed by atoms with Gasteiger partial charge >= 0.3 is 5.97 Å². The van der Waals surface area contributed by atoms with Crippen LogP contribution in [0.4, 0.5) is 0 Å². The van der Waals surface area contributed by atoms with Crippen molar-refractivity contribution in [3.63, 3.8) is 0 Å². The Labute approximate surface area is 137 Å². The van der Waals surface area contributed by atoms with E-state index in [1.807, 2.05) is 28.8 Å². The zero-order chi connectivity index (χ0) is 16.5. The maximum absolute atomic E-state index is 10.8. The number of ether oxygens (including phenoxy) is 2. The van der Waals surface area contributed by atoms with Crippen molar-refractivity contribution in [1.29, 1.82) is 0 Å². The van der Waals surface area contributed by atoms with E-state index in [0.717, 1.165) is 22.4 Å². The molecule has 0 saturated carbocycles. The number of aliphatic carboxylic acids is 1. The molecule has 0 fully saturated rings. The predicted octanol–water partition coefficient (Wildman–Crippen LogP) is 2.69. The van der Waals surface area contributed by atoms with E-state index in [-0.39, 0.29) is 13.2 Å². The van der Waals surface area contributed by atoms with Crippen LogP contribution in [0.2, 0.25) is 0 Å².